The van der Waals surface area contributed by atoms with E-state index < -0.39 is 55.8 Å². The van der Waals surface area contributed by atoms with Crippen molar-refractivity contribution in [3.8, 4) is 5.75 Å². The number of hydrogen-bond donors (Lipinski definition) is 2. The second-order valence-corrected chi connectivity index (χ2v) is 18.6. The van der Waals surface area contributed by atoms with Gasteiger partial charge in [0.25, 0.3) is 0 Å². The highest BCUT2D eigenvalue weighted by Gasteiger charge is 2.37. The molecule has 10 nitrogen and oxygen atoms in total. The van der Waals surface area contributed by atoms with Gasteiger partial charge in [-0.05, 0) is 58.9 Å². The van der Waals surface area contributed by atoms with Crippen molar-refractivity contribution in [1.82, 2.24) is 13.9 Å². The predicted molar refractivity (Wildman–Crippen MR) is 224 cm³/mol. The molecular formula is C45H53N3O7S2. The summed E-state index contributed by atoms with van der Waals surface area (Å²) >= 11 is 0. The average molecular weight is 812 g/mol. The SMILES string of the molecule is COc1ccc(S(=O)(=O)N(CC(C)C)C[C@@H](O)[C@H](Cc2ccccc2)NC(=O)[C@@H](C)CS(=O)(=O)N(Cc2ccccc2)C(c2ccccc2)c2ccccc2)cc1. The molecule has 2 N–H and O–H groups in total. The number of carbonyl (C=O) groups is 1. The summed E-state index contributed by atoms with van der Waals surface area (Å²) in [7, 11) is -6.71. The molecule has 0 fully saturated rings. The maximum atomic E-state index is 14.7. The summed E-state index contributed by atoms with van der Waals surface area (Å²) in [5, 5.41) is 14.7. The first-order chi connectivity index (χ1) is 27.3. The molecule has 302 valence electrons. The molecule has 3 atom stereocenters. The fraction of sp³-hybridized carbons (Fsp3) is 0.311. The van der Waals surface area contributed by atoms with Crippen LogP contribution in [0.15, 0.2) is 150 Å². The normalized spacial score (nSPS) is 13.8. The smallest absolute Gasteiger partial charge is 0.243 e. The fourth-order valence-electron chi connectivity index (χ4n) is 6.78. The Labute approximate surface area is 338 Å². The lowest BCUT2D eigenvalue weighted by Gasteiger charge is -2.33. The summed E-state index contributed by atoms with van der Waals surface area (Å²) in [6.07, 6.45) is -1.17. The van der Waals surface area contributed by atoms with Crippen LogP contribution in [0.1, 0.15) is 49.1 Å². The van der Waals surface area contributed by atoms with Crippen LogP contribution < -0.4 is 10.1 Å². The minimum Gasteiger partial charge on any atom is -0.497 e. The van der Waals surface area contributed by atoms with Gasteiger partial charge in [-0.2, -0.15) is 8.61 Å². The molecule has 5 rings (SSSR count). The minimum absolute atomic E-state index is 0.0444. The molecule has 5 aromatic carbocycles. The summed E-state index contributed by atoms with van der Waals surface area (Å²) in [5.41, 5.74) is 3.15. The Bertz CT molecular complexity index is 2170. The molecule has 0 aliphatic carbocycles. The van der Waals surface area contributed by atoms with Crippen LogP contribution in [-0.2, 0) is 37.8 Å². The highest BCUT2D eigenvalue weighted by molar-refractivity contribution is 7.89. The molecule has 0 radical (unpaired) electrons. The zero-order valence-corrected chi connectivity index (χ0v) is 34.5. The molecule has 12 heteroatoms. The Hall–Kier alpha value is -4.85. The van der Waals surface area contributed by atoms with E-state index in [1.165, 1.54) is 27.9 Å². The second-order valence-electron chi connectivity index (χ2n) is 14.7. The number of methoxy groups -OCH3 is 1. The zero-order valence-electron chi connectivity index (χ0n) is 32.9. The number of rotatable bonds is 20. The van der Waals surface area contributed by atoms with Crippen LogP contribution in [-0.4, -0.2) is 74.6 Å². The van der Waals surface area contributed by atoms with Gasteiger partial charge in [0.15, 0.2) is 0 Å². The minimum atomic E-state index is -4.15. The molecule has 0 bridgehead atoms. The lowest BCUT2D eigenvalue weighted by Crippen LogP contribution is -2.52. The molecule has 0 aromatic heterocycles. The van der Waals surface area contributed by atoms with Crippen molar-refractivity contribution in [2.75, 3.05) is 26.0 Å². The molecule has 0 aliphatic heterocycles. The first kappa shape index (κ1) is 43.3. The third kappa shape index (κ3) is 11.8. The van der Waals surface area contributed by atoms with E-state index in [1.54, 1.807) is 19.1 Å². The van der Waals surface area contributed by atoms with E-state index in [2.05, 4.69) is 5.32 Å². The monoisotopic (exact) mass is 811 g/mol. The quantitative estimate of drug-likeness (QED) is 0.0896. The first-order valence-electron chi connectivity index (χ1n) is 19.1. The summed E-state index contributed by atoms with van der Waals surface area (Å²) in [5.74, 6) is -1.71. The maximum absolute atomic E-state index is 14.7. The molecule has 0 aliphatic rings. The molecule has 0 saturated carbocycles. The second kappa shape index (κ2) is 20.0. The summed E-state index contributed by atoms with van der Waals surface area (Å²) in [6.45, 7) is 5.20. The first-order valence-corrected chi connectivity index (χ1v) is 22.1. The van der Waals surface area contributed by atoms with Crippen LogP contribution in [0.25, 0.3) is 0 Å². The number of hydrogen-bond acceptors (Lipinski definition) is 7. The van der Waals surface area contributed by atoms with E-state index in [9.17, 15) is 26.7 Å². The Morgan fingerprint density at radius 2 is 1.18 bits per heavy atom. The number of aliphatic hydroxyl groups excluding tert-OH is 1. The Morgan fingerprint density at radius 1 is 0.684 bits per heavy atom. The van der Waals surface area contributed by atoms with E-state index in [0.717, 1.165) is 22.3 Å². The summed E-state index contributed by atoms with van der Waals surface area (Å²) in [6, 6.07) is 41.8. The van der Waals surface area contributed by atoms with Gasteiger partial charge in [-0.1, -0.05) is 142 Å². The number of carbonyl (C=O) groups excluding carboxylic acids is 1. The lowest BCUT2D eigenvalue weighted by molar-refractivity contribution is -0.125. The molecule has 0 spiro atoms. The van der Waals surface area contributed by atoms with Gasteiger partial charge < -0.3 is 15.2 Å². The topological polar surface area (TPSA) is 133 Å². The van der Waals surface area contributed by atoms with E-state index in [0.29, 0.717) is 5.75 Å². The van der Waals surface area contributed by atoms with Gasteiger partial charge in [0.2, 0.25) is 26.0 Å². The number of amides is 1. The van der Waals surface area contributed by atoms with Gasteiger partial charge >= 0.3 is 0 Å². The van der Waals surface area contributed by atoms with Crippen LogP contribution in [0, 0.1) is 11.8 Å². The number of sulfonamides is 2. The van der Waals surface area contributed by atoms with Gasteiger partial charge in [-0.25, -0.2) is 16.8 Å². The molecule has 1 amide bonds. The van der Waals surface area contributed by atoms with Crippen molar-refractivity contribution in [2.24, 2.45) is 11.8 Å². The Kier molecular flexibility index (Phi) is 15.2. The molecular weight excluding hydrogens is 759 g/mol. The average Bonchev–Trinajstić information content (AvgIpc) is 3.21. The molecule has 0 saturated heterocycles. The highest BCUT2D eigenvalue weighted by Crippen LogP contribution is 2.33. The van der Waals surface area contributed by atoms with Crippen LogP contribution in [0.3, 0.4) is 0 Å². The number of nitrogens with one attached hydrogen (secondary N) is 1. The standard InChI is InChI=1S/C45H53N3O7S2/c1-34(2)30-47(57(53,54)41-27-25-40(55-4)26-28-41)32-43(49)42(29-36-17-9-5-10-18-36)46-45(50)35(3)33-56(51,52)48(31-37-19-11-6-12-20-37)44(38-21-13-7-14-22-38)39-23-15-8-16-24-39/h5-28,34-35,42-44,49H,29-33H2,1-4H3,(H,46,50)/t35-,42-,43+/m0/s1. The Balaban J connectivity index is 1.43. The number of nitrogens with zero attached hydrogens (tertiary/aromatic N) is 2. The number of aliphatic hydroxyl groups is 1. The van der Waals surface area contributed by atoms with Gasteiger partial charge in [0.05, 0.1) is 41.9 Å². The number of benzene rings is 5. The van der Waals surface area contributed by atoms with E-state index in [4.69, 9.17) is 4.74 Å². The summed E-state index contributed by atoms with van der Waals surface area (Å²) < 4.78 is 65.2. The van der Waals surface area contributed by atoms with Crippen molar-refractivity contribution < 1.29 is 31.5 Å². The van der Waals surface area contributed by atoms with Gasteiger partial charge in [0.1, 0.15) is 5.75 Å². The van der Waals surface area contributed by atoms with Crippen LogP contribution in [0.4, 0.5) is 0 Å². The maximum Gasteiger partial charge on any atom is 0.243 e. The Morgan fingerprint density at radius 3 is 1.67 bits per heavy atom. The van der Waals surface area contributed by atoms with Gasteiger partial charge in [-0.15, -0.1) is 0 Å². The molecule has 57 heavy (non-hydrogen) atoms. The lowest BCUT2D eigenvalue weighted by atomic mass is 9.98. The van der Waals surface area contributed by atoms with Crippen LogP contribution in [0.2, 0.25) is 0 Å². The molecule has 5 aromatic rings. The largest absolute Gasteiger partial charge is 0.497 e. The van der Waals surface area contributed by atoms with Crippen molar-refractivity contribution in [3.63, 3.8) is 0 Å². The zero-order chi connectivity index (χ0) is 41.0. The van der Waals surface area contributed by atoms with Gasteiger partial charge in [-0.3, -0.25) is 4.79 Å². The van der Waals surface area contributed by atoms with Gasteiger partial charge in [0, 0.05) is 19.6 Å². The van der Waals surface area contributed by atoms with Crippen molar-refractivity contribution in [1.29, 1.82) is 0 Å². The highest BCUT2D eigenvalue weighted by atomic mass is 32.2. The fourth-order valence-corrected chi connectivity index (χ4v) is 10.3. The predicted octanol–water partition coefficient (Wildman–Crippen LogP) is 6.69. The third-order valence-electron chi connectivity index (χ3n) is 9.71. The number of ether oxygens (including phenoxy) is 1. The summed E-state index contributed by atoms with van der Waals surface area (Å²) in [4.78, 5) is 14.2. The van der Waals surface area contributed by atoms with Crippen LogP contribution in [0.5, 0.6) is 5.75 Å². The van der Waals surface area contributed by atoms with Crippen molar-refractivity contribution in [2.45, 2.75) is 56.8 Å². The van der Waals surface area contributed by atoms with E-state index >= 15 is 0 Å². The molecule has 0 unspecified atom stereocenters. The van der Waals surface area contributed by atoms with E-state index in [-0.39, 0.29) is 36.9 Å². The van der Waals surface area contributed by atoms with Crippen molar-refractivity contribution in [3.05, 3.63) is 168 Å². The van der Waals surface area contributed by atoms with E-state index in [1.807, 2.05) is 135 Å². The van der Waals surface area contributed by atoms with Crippen LogP contribution >= 0.6 is 0 Å². The molecule has 0 heterocycles. The van der Waals surface area contributed by atoms with Crippen molar-refractivity contribution >= 4 is 26.0 Å². The third-order valence-corrected chi connectivity index (χ3v) is 13.5.